The molecule has 0 radical (unpaired) electrons. The van der Waals surface area contributed by atoms with Crippen molar-refractivity contribution in [2.24, 2.45) is 0 Å². The van der Waals surface area contributed by atoms with Crippen molar-refractivity contribution in [3.8, 4) is 11.1 Å². The molecule has 0 aliphatic carbocycles. The molecule has 0 saturated carbocycles. The predicted octanol–water partition coefficient (Wildman–Crippen LogP) is 4.47. The fourth-order valence-electron chi connectivity index (χ4n) is 2.02. The number of oxazole rings is 1. The molecule has 0 saturated heterocycles. The van der Waals surface area contributed by atoms with Gasteiger partial charge in [-0.1, -0.05) is 30.3 Å². The molecule has 3 rings (SSSR count). The molecular weight excluding hydrogens is 230 g/mol. The Hall–Kier alpha value is -1.87. The van der Waals surface area contributed by atoms with Crippen LogP contribution in [-0.2, 0) is 0 Å². The highest BCUT2D eigenvalue weighted by atomic mass is 32.1. The second kappa shape index (κ2) is 3.86. The summed E-state index contributed by atoms with van der Waals surface area (Å²) in [4.78, 5) is 3.45. The fourth-order valence-corrected chi connectivity index (χ4v) is 2.22. The van der Waals surface area contributed by atoms with Gasteiger partial charge in [-0.2, -0.15) is 0 Å². The predicted molar refractivity (Wildman–Crippen MR) is 71.6 cm³/mol. The average molecular weight is 241 g/mol. The maximum Gasteiger partial charge on any atom is 0.266 e. The zero-order valence-corrected chi connectivity index (χ0v) is 10.2. The Morgan fingerprint density at radius 1 is 1.12 bits per heavy atom. The van der Waals surface area contributed by atoms with Crippen molar-refractivity contribution < 1.29 is 4.42 Å². The minimum atomic E-state index is 0.418. The topological polar surface area (TPSA) is 28.9 Å². The van der Waals surface area contributed by atoms with Gasteiger partial charge >= 0.3 is 0 Å². The first-order valence-electron chi connectivity index (χ1n) is 5.43. The molecule has 0 fully saturated rings. The molecule has 1 heterocycles. The normalized spacial score (nSPS) is 10.9. The smallest absolute Gasteiger partial charge is 0.266 e. The molecule has 0 amide bonds. The van der Waals surface area contributed by atoms with Crippen molar-refractivity contribution >= 4 is 23.3 Å². The first kappa shape index (κ1) is 10.3. The molecule has 0 unspecified atom stereocenters. The molecule has 2 aromatic carbocycles. The molecule has 3 aromatic rings. The highest BCUT2D eigenvalue weighted by Gasteiger charge is 2.04. The fraction of sp³-hybridized carbons (Fsp3) is 0.0714. The number of benzene rings is 2. The van der Waals surface area contributed by atoms with Crippen LogP contribution >= 0.6 is 12.2 Å². The molecule has 3 heteroatoms. The molecule has 17 heavy (non-hydrogen) atoms. The second-order valence-corrected chi connectivity index (χ2v) is 4.41. The number of hydrogen-bond donors (Lipinski definition) is 1. The molecular formula is C14H11NOS. The Bertz CT molecular complexity index is 739. The van der Waals surface area contributed by atoms with Crippen LogP contribution in [0.4, 0.5) is 0 Å². The lowest BCUT2D eigenvalue weighted by molar-refractivity contribution is 0.583. The molecule has 1 aromatic heterocycles. The average Bonchev–Trinajstić information content (AvgIpc) is 2.68. The molecule has 0 bridgehead atoms. The number of aromatic amines is 1. The third-order valence-corrected chi connectivity index (χ3v) is 3.06. The van der Waals surface area contributed by atoms with Crippen LogP contribution in [0.25, 0.3) is 22.2 Å². The number of aromatic nitrogens is 1. The molecule has 0 atom stereocenters. The van der Waals surface area contributed by atoms with E-state index in [0.717, 1.165) is 11.1 Å². The Morgan fingerprint density at radius 2 is 1.94 bits per heavy atom. The van der Waals surface area contributed by atoms with Crippen LogP contribution in [0.2, 0.25) is 0 Å². The lowest BCUT2D eigenvalue weighted by atomic mass is 10.0. The van der Waals surface area contributed by atoms with Gasteiger partial charge in [0.05, 0.1) is 5.52 Å². The van der Waals surface area contributed by atoms with Crippen molar-refractivity contribution in [3.63, 3.8) is 0 Å². The van der Waals surface area contributed by atoms with Gasteiger partial charge in [0, 0.05) is 0 Å². The van der Waals surface area contributed by atoms with Gasteiger partial charge < -0.3 is 9.40 Å². The van der Waals surface area contributed by atoms with Crippen LogP contribution < -0.4 is 0 Å². The lowest BCUT2D eigenvalue weighted by Crippen LogP contribution is -1.82. The molecule has 84 valence electrons. The minimum Gasteiger partial charge on any atom is -0.429 e. The zero-order valence-electron chi connectivity index (χ0n) is 9.36. The SMILES string of the molecule is Cc1ccccc1-c1ccc2oc(=S)[nH]c2c1. The van der Waals surface area contributed by atoms with Gasteiger partial charge in [0.2, 0.25) is 0 Å². The van der Waals surface area contributed by atoms with E-state index in [1.165, 1.54) is 16.7 Å². The summed E-state index contributed by atoms with van der Waals surface area (Å²) in [7, 11) is 0. The van der Waals surface area contributed by atoms with E-state index >= 15 is 0 Å². The standard InChI is InChI=1S/C14H11NOS/c1-9-4-2-3-5-11(9)10-6-7-13-12(8-10)15-14(17)16-13/h2-8H,1H3,(H,15,17). The van der Waals surface area contributed by atoms with Gasteiger partial charge in [-0.05, 0) is 48.0 Å². The van der Waals surface area contributed by atoms with Crippen molar-refractivity contribution in [1.82, 2.24) is 4.98 Å². The number of fused-ring (bicyclic) bond motifs is 1. The van der Waals surface area contributed by atoms with Gasteiger partial charge in [-0.3, -0.25) is 0 Å². The third kappa shape index (κ3) is 1.78. The van der Waals surface area contributed by atoms with E-state index in [1.54, 1.807) is 0 Å². The van der Waals surface area contributed by atoms with Crippen molar-refractivity contribution in [1.29, 1.82) is 0 Å². The van der Waals surface area contributed by atoms with Crippen LogP contribution in [0, 0.1) is 11.8 Å². The van der Waals surface area contributed by atoms with Gasteiger partial charge in [-0.25, -0.2) is 0 Å². The second-order valence-electron chi connectivity index (χ2n) is 4.04. The Kier molecular flexibility index (Phi) is 2.34. The highest BCUT2D eigenvalue weighted by molar-refractivity contribution is 7.71. The Balaban J connectivity index is 2.24. The maximum absolute atomic E-state index is 5.35. The summed E-state index contributed by atoms with van der Waals surface area (Å²) in [5.74, 6) is 0. The summed E-state index contributed by atoms with van der Waals surface area (Å²) < 4.78 is 5.35. The van der Waals surface area contributed by atoms with E-state index in [9.17, 15) is 0 Å². The highest BCUT2D eigenvalue weighted by Crippen LogP contribution is 2.26. The van der Waals surface area contributed by atoms with Gasteiger partial charge in [0.1, 0.15) is 0 Å². The monoisotopic (exact) mass is 241 g/mol. The summed E-state index contributed by atoms with van der Waals surface area (Å²) in [5.41, 5.74) is 5.40. The quantitative estimate of drug-likeness (QED) is 0.637. The van der Waals surface area contributed by atoms with E-state index in [0.29, 0.717) is 4.84 Å². The summed E-state index contributed by atoms with van der Waals surface area (Å²) >= 11 is 4.98. The van der Waals surface area contributed by atoms with E-state index < -0.39 is 0 Å². The first-order valence-corrected chi connectivity index (χ1v) is 5.84. The van der Waals surface area contributed by atoms with Gasteiger partial charge in [0.15, 0.2) is 5.58 Å². The zero-order chi connectivity index (χ0) is 11.8. The van der Waals surface area contributed by atoms with E-state index in [4.69, 9.17) is 16.6 Å². The number of nitrogens with one attached hydrogen (secondary N) is 1. The summed E-state index contributed by atoms with van der Waals surface area (Å²) in [6.07, 6.45) is 0. The van der Waals surface area contributed by atoms with E-state index in [-0.39, 0.29) is 0 Å². The Morgan fingerprint density at radius 3 is 2.76 bits per heavy atom. The van der Waals surface area contributed by atoms with Crippen LogP contribution in [0.5, 0.6) is 0 Å². The number of hydrogen-bond acceptors (Lipinski definition) is 2. The summed E-state index contributed by atoms with van der Waals surface area (Å²) in [6.45, 7) is 2.11. The first-order chi connectivity index (χ1) is 8.24. The Labute approximate surface area is 104 Å². The number of rotatable bonds is 1. The van der Waals surface area contributed by atoms with Crippen LogP contribution in [0.3, 0.4) is 0 Å². The van der Waals surface area contributed by atoms with Crippen molar-refractivity contribution in [2.45, 2.75) is 6.92 Å². The maximum atomic E-state index is 5.35. The van der Waals surface area contributed by atoms with E-state index in [2.05, 4.69) is 36.2 Å². The largest absolute Gasteiger partial charge is 0.429 e. The van der Waals surface area contributed by atoms with Crippen LogP contribution in [-0.4, -0.2) is 4.98 Å². The van der Waals surface area contributed by atoms with Crippen LogP contribution in [0.1, 0.15) is 5.56 Å². The molecule has 1 N–H and O–H groups in total. The summed E-state index contributed by atoms with van der Waals surface area (Å²) in [6, 6.07) is 14.4. The van der Waals surface area contributed by atoms with Crippen molar-refractivity contribution in [3.05, 3.63) is 52.9 Å². The lowest BCUT2D eigenvalue weighted by Gasteiger charge is -2.04. The van der Waals surface area contributed by atoms with Gasteiger partial charge in [-0.15, -0.1) is 0 Å². The number of aryl methyl sites for hydroxylation is 1. The van der Waals surface area contributed by atoms with Crippen LogP contribution in [0.15, 0.2) is 46.9 Å². The number of H-pyrrole nitrogens is 1. The van der Waals surface area contributed by atoms with Crippen molar-refractivity contribution in [2.75, 3.05) is 0 Å². The molecule has 0 aliphatic rings. The van der Waals surface area contributed by atoms with Gasteiger partial charge in [0.25, 0.3) is 4.84 Å². The third-order valence-electron chi connectivity index (χ3n) is 2.88. The molecule has 0 spiro atoms. The molecule has 2 nitrogen and oxygen atoms in total. The minimum absolute atomic E-state index is 0.418. The molecule has 0 aliphatic heterocycles. The summed E-state index contributed by atoms with van der Waals surface area (Å²) in [5, 5.41) is 0. The van der Waals surface area contributed by atoms with E-state index in [1.807, 2.05) is 18.2 Å².